The summed E-state index contributed by atoms with van der Waals surface area (Å²) in [5.74, 6) is 0.989. The third kappa shape index (κ3) is 3.18. The lowest BCUT2D eigenvalue weighted by Gasteiger charge is -2.37. The van der Waals surface area contributed by atoms with Gasteiger partial charge in [0.1, 0.15) is 0 Å². The van der Waals surface area contributed by atoms with E-state index in [-0.39, 0.29) is 48.2 Å². The van der Waals surface area contributed by atoms with Crippen molar-refractivity contribution in [1.29, 1.82) is 0 Å². The Labute approximate surface area is 189 Å². The van der Waals surface area contributed by atoms with Crippen molar-refractivity contribution in [3.8, 4) is 28.7 Å². The zero-order valence-corrected chi connectivity index (χ0v) is 18.8. The number of fused-ring (bicyclic) bond motifs is 3. The van der Waals surface area contributed by atoms with E-state index in [4.69, 9.17) is 28.4 Å². The van der Waals surface area contributed by atoms with Crippen LogP contribution < -0.4 is 40.7 Å². The molecular weight excluding hydrogens is 472 g/mol. The fourth-order valence-electron chi connectivity index (χ4n) is 4.81. The Morgan fingerprint density at radius 2 is 1.52 bits per heavy atom. The minimum Gasteiger partial charge on any atom is -1.00 e. The largest absolute Gasteiger partial charge is 1.00 e. The zero-order valence-electron chi connectivity index (χ0n) is 17.2. The Morgan fingerprint density at radius 1 is 0.903 bits per heavy atom. The number of benzene rings is 2. The normalized spacial score (nSPS) is 25.1. The third-order valence-corrected chi connectivity index (χ3v) is 6.19. The topological polar surface area (TPSA) is 92.7 Å². The number of rotatable bonds is 4. The van der Waals surface area contributed by atoms with E-state index in [1.54, 1.807) is 20.3 Å². The van der Waals surface area contributed by atoms with Gasteiger partial charge in [0.25, 0.3) is 0 Å². The molecule has 4 atom stereocenters. The number of methoxy groups -OCH3 is 3. The highest BCUT2D eigenvalue weighted by Gasteiger charge is 2.52. The highest BCUT2D eigenvalue weighted by Crippen LogP contribution is 2.55. The van der Waals surface area contributed by atoms with Gasteiger partial charge in [0, 0.05) is 11.8 Å². The number of hydrogen-bond acceptors (Lipinski definition) is 8. The number of aliphatic hydroxyl groups excluding tert-OH is 1. The Balaban J connectivity index is 0.00000231. The van der Waals surface area contributed by atoms with Crippen molar-refractivity contribution in [1.82, 2.24) is 0 Å². The summed E-state index contributed by atoms with van der Waals surface area (Å²) in [7, 11) is 4.63. The molecule has 0 unspecified atom stereocenters. The third-order valence-electron chi connectivity index (χ3n) is 6.19. The molecule has 1 fully saturated rings. The second kappa shape index (κ2) is 8.12. The van der Waals surface area contributed by atoms with Crippen LogP contribution in [-0.4, -0.2) is 45.8 Å². The lowest BCUT2D eigenvalue weighted by atomic mass is 9.66. The number of hydrogen-bond donors (Lipinski definition) is 1. The first-order chi connectivity index (χ1) is 14.6. The predicted molar refractivity (Wildman–Crippen MR) is 103 cm³/mol. The second-order valence-electron chi connectivity index (χ2n) is 7.54. The van der Waals surface area contributed by atoms with Gasteiger partial charge in [0.2, 0.25) is 12.5 Å². The highest BCUT2D eigenvalue weighted by molar-refractivity contribution is 5.79. The maximum Gasteiger partial charge on any atom is 0.310 e. The standard InChI is InChI=1S/C22H22O8.BrH/c1-25-16-4-10(5-17(26-2)21(16)27-3)18-11-6-14-15(30-9-29-14)7-12(11)20(23)13-8-28-22(24)19(13)18;/h4-7,13,18-20,23H,8-9H2,1-3H3;1H/p-1/t13-,18+,19-,20-;/m0./s1. The fourth-order valence-corrected chi connectivity index (χ4v) is 4.81. The molecule has 1 aliphatic carbocycles. The smallest absolute Gasteiger partial charge is 0.310 e. The first-order valence-corrected chi connectivity index (χ1v) is 9.65. The number of carbonyl (C=O) groups excluding carboxylic acids is 1. The van der Waals surface area contributed by atoms with Crippen LogP contribution in [0.4, 0.5) is 0 Å². The van der Waals surface area contributed by atoms with Crippen LogP contribution in [0.5, 0.6) is 28.7 Å². The molecule has 0 saturated carbocycles. The van der Waals surface area contributed by atoms with Crippen molar-refractivity contribution < 1.29 is 55.3 Å². The van der Waals surface area contributed by atoms with Gasteiger partial charge in [-0.2, -0.15) is 0 Å². The minimum atomic E-state index is -0.843. The summed E-state index contributed by atoms with van der Waals surface area (Å²) < 4.78 is 32.9. The minimum absolute atomic E-state index is 0. The van der Waals surface area contributed by atoms with Gasteiger partial charge in [-0.25, -0.2) is 0 Å². The molecule has 9 heteroatoms. The summed E-state index contributed by atoms with van der Waals surface area (Å²) in [5.41, 5.74) is 2.30. The summed E-state index contributed by atoms with van der Waals surface area (Å²) in [6, 6.07) is 7.31. The van der Waals surface area contributed by atoms with E-state index in [1.165, 1.54) is 7.11 Å². The fraction of sp³-hybridized carbons (Fsp3) is 0.409. The second-order valence-corrected chi connectivity index (χ2v) is 7.54. The Hall–Kier alpha value is -2.65. The van der Waals surface area contributed by atoms with Gasteiger partial charge < -0.3 is 50.5 Å². The summed E-state index contributed by atoms with van der Waals surface area (Å²) in [4.78, 5) is 12.7. The van der Waals surface area contributed by atoms with E-state index in [0.29, 0.717) is 34.3 Å². The van der Waals surface area contributed by atoms with Crippen molar-refractivity contribution in [2.75, 3.05) is 34.7 Å². The maximum atomic E-state index is 12.7. The van der Waals surface area contributed by atoms with Gasteiger partial charge in [-0.1, -0.05) is 0 Å². The van der Waals surface area contributed by atoms with Crippen LogP contribution in [0, 0.1) is 11.8 Å². The summed E-state index contributed by atoms with van der Waals surface area (Å²) in [5, 5.41) is 11.0. The molecule has 2 aromatic carbocycles. The molecule has 31 heavy (non-hydrogen) atoms. The Kier molecular flexibility index (Phi) is 5.65. The summed E-state index contributed by atoms with van der Waals surface area (Å²) in [6.07, 6.45) is -0.843. The van der Waals surface area contributed by atoms with E-state index in [9.17, 15) is 9.90 Å². The molecular formula is C22H22BrO8-. The summed E-state index contributed by atoms with van der Waals surface area (Å²) in [6.45, 7) is 0.289. The van der Waals surface area contributed by atoms with Crippen molar-refractivity contribution in [3.05, 3.63) is 41.0 Å². The molecule has 0 aromatic heterocycles. The Bertz CT molecular complexity index is 998. The molecule has 2 aliphatic heterocycles. The molecule has 2 heterocycles. The van der Waals surface area contributed by atoms with Gasteiger partial charge in [0.15, 0.2) is 23.0 Å². The van der Waals surface area contributed by atoms with E-state index in [1.807, 2.05) is 18.2 Å². The molecule has 5 rings (SSSR count). The monoisotopic (exact) mass is 493 g/mol. The maximum absolute atomic E-state index is 12.7. The molecule has 1 N–H and O–H groups in total. The van der Waals surface area contributed by atoms with E-state index >= 15 is 0 Å². The number of ether oxygens (including phenoxy) is 6. The van der Waals surface area contributed by atoms with E-state index in [0.717, 1.165) is 11.1 Å². The average molecular weight is 494 g/mol. The molecule has 3 aliphatic rings. The molecule has 8 nitrogen and oxygen atoms in total. The van der Waals surface area contributed by atoms with Crippen LogP contribution in [0.2, 0.25) is 0 Å². The molecule has 0 amide bonds. The summed E-state index contributed by atoms with van der Waals surface area (Å²) >= 11 is 0. The Morgan fingerprint density at radius 3 is 2.10 bits per heavy atom. The van der Waals surface area contributed by atoms with Crippen LogP contribution in [0.1, 0.15) is 28.7 Å². The number of halogens is 1. The molecule has 0 radical (unpaired) electrons. The lowest BCUT2D eigenvalue weighted by Crippen LogP contribution is -3.00. The first kappa shape index (κ1) is 21.6. The molecule has 2 aromatic rings. The van der Waals surface area contributed by atoms with Crippen LogP contribution >= 0.6 is 0 Å². The number of esters is 1. The number of cyclic esters (lactones) is 1. The SMILES string of the molecule is COc1cc([C@@H]2c3cc4c(cc3[C@H](O)[C@H]3COC(=O)[C@H]23)OCO4)cc(OC)c1OC.[Br-]. The van der Waals surface area contributed by atoms with Crippen molar-refractivity contribution >= 4 is 5.97 Å². The predicted octanol–water partition coefficient (Wildman–Crippen LogP) is -0.587. The van der Waals surface area contributed by atoms with Gasteiger partial charge in [-0.15, -0.1) is 0 Å². The lowest BCUT2D eigenvalue weighted by molar-refractivity contribution is -0.141. The van der Waals surface area contributed by atoms with Crippen molar-refractivity contribution in [2.24, 2.45) is 11.8 Å². The molecule has 0 bridgehead atoms. The van der Waals surface area contributed by atoms with Crippen molar-refractivity contribution in [3.63, 3.8) is 0 Å². The number of carbonyl (C=O) groups is 1. The van der Waals surface area contributed by atoms with Crippen LogP contribution in [0.15, 0.2) is 24.3 Å². The van der Waals surface area contributed by atoms with Gasteiger partial charge in [-0.05, 0) is 41.0 Å². The quantitative estimate of drug-likeness (QED) is 0.565. The van der Waals surface area contributed by atoms with Gasteiger partial charge in [0.05, 0.1) is 40.0 Å². The van der Waals surface area contributed by atoms with E-state index in [2.05, 4.69) is 0 Å². The zero-order chi connectivity index (χ0) is 21.0. The number of aliphatic hydroxyl groups is 1. The average Bonchev–Trinajstić information content (AvgIpc) is 3.38. The first-order valence-electron chi connectivity index (χ1n) is 9.65. The van der Waals surface area contributed by atoms with Crippen molar-refractivity contribution in [2.45, 2.75) is 12.0 Å². The molecule has 0 spiro atoms. The van der Waals surface area contributed by atoms with Gasteiger partial charge >= 0.3 is 5.97 Å². The molecule has 166 valence electrons. The molecule has 1 saturated heterocycles. The van der Waals surface area contributed by atoms with Gasteiger partial charge in [-0.3, -0.25) is 4.79 Å². The van der Waals surface area contributed by atoms with Crippen LogP contribution in [-0.2, 0) is 9.53 Å². The van der Waals surface area contributed by atoms with Crippen LogP contribution in [0.3, 0.4) is 0 Å². The van der Waals surface area contributed by atoms with Crippen LogP contribution in [0.25, 0.3) is 0 Å². The van der Waals surface area contributed by atoms with E-state index < -0.39 is 12.0 Å². The highest BCUT2D eigenvalue weighted by atomic mass is 79.9.